The molecular formula is C16H21N3O5S. The van der Waals surface area contributed by atoms with Gasteiger partial charge in [0.1, 0.15) is 0 Å². The van der Waals surface area contributed by atoms with E-state index in [0.29, 0.717) is 18.2 Å². The predicted octanol–water partition coefficient (Wildman–Crippen LogP) is 1.88. The third kappa shape index (κ3) is 4.86. The number of esters is 1. The molecule has 25 heavy (non-hydrogen) atoms. The van der Waals surface area contributed by atoms with Gasteiger partial charge in [-0.2, -0.15) is 4.98 Å². The van der Waals surface area contributed by atoms with Gasteiger partial charge in [0.25, 0.3) is 5.89 Å². The molecule has 0 aliphatic heterocycles. The zero-order chi connectivity index (χ0) is 18.6. The molecule has 2 rings (SSSR count). The minimum Gasteiger partial charge on any atom is -0.452 e. The fourth-order valence-electron chi connectivity index (χ4n) is 1.98. The van der Waals surface area contributed by atoms with Crippen LogP contribution in [0.4, 0.5) is 0 Å². The van der Waals surface area contributed by atoms with E-state index in [1.807, 2.05) is 13.8 Å². The van der Waals surface area contributed by atoms with Gasteiger partial charge in [-0.25, -0.2) is 17.5 Å². The molecule has 0 aliphatic rings. The molecule has 0 bridgehead atoms. The van der Waals surface area contributed by atoms with Crippen molar-refractivity contribution in [1.29, 1.82) is 0 Å². The van der Waals surface area contributed by atoms with Gasteiger partial charge >= 0.3 is 5.97 Å². The van der Waals surface area contributed by atoms with Crippen LogP contribution in [0.5, 0.6) is 0 Å². The monoisotopic (exact) mass is 367 g/mol. The highest BCUT2D eigenvalue weighted by Gasteiger charge is 2.18. The Balaban J connectivity index is 1.98. The second kappa shape index (κ2) is 7.75. The second-order valence-electron chi connectivity index (χ2n) is 6.09. The highest BCUT2D eigenvalue weighted by molar-refractivity contribution is 7.89. The molecule has 9 heteroatoms. The zero-order valence-electron chi connectivity index (χ0n) is 14.6. The minimum atomic E-state index is -3.53. The number of carbonyl (C=O) groups is 1. The predicted molar refractivity (Wildman–Crippen MR) is 89.3 cm³/mol. The van der Waals surface area contributed by atoms with Gasteiger partial charge in [0.2, 0.25) is 10.0 Å². The molecule has 0 amide bonds. The molecule has 0 saturated carbocycles. The maximum atomic E-state index is 12.0. The lowest BCUT2D eigenvalue weighted by atomic mass is 10.1. The standard InChI is InChI=1S/C16H21N3O5S/c1-11(2)9-14-17-15(24-18-14)10-23-16(20)12-5-7-13(8-6-12)25(21,22)19(3)4/h5-8,11H,9-10H2,1-4H3. The summed E-state index contributed by atoms with van der Waals surface area (Å²) in [5, 5.41) is 3.81. The normalized spacial score (nSPS) is 11.9. The lowest BCUT2D eigenvalue weighted by Crippen LogP contribution is -2.22. The molecule has 136 valence electrons. The molecule has 0 radical (unpaired) electrons. The van der Waals surface area contributed by atoms with E-state index in [1.54, 1.807) is 0 Å². The van der Waals surface area contributed by atoms with E-state index in [2.05, 4.69) is 10.1 Å². The van der Waals surface area contributed by atoms with Crippen LogP contribution in [-0.4, -0.2) is 42.9 Å². The number of nitrogens with zero attached hydrogens (tertiary/aromatic N) is 3. The number of hydrogen-bond donors (Lipinski definition) is 0. The SMILES string of the molecule is CC(C)Cc1noc(COC(=O)c2ccc(S(=O)(=O)N(C)C)cc2)n1. The van der Waals surface area contributed by atoms with Crippen LogP contribution in [0.1, 0.15) is 35.9 Å². The second-order valence-corrected chi connectivity index (χ2v) is 8.24. The quantitative estimate of drug-likeness (QED) is 0.688. The van der Waals surface area contributed by atoms with Gasteiger partial charge in [-0.05, 0) is 30.2 Å². The molecule has 1 heterocycles. The van der Waals surface area contributed by atoms with Crippen LogP contribution in [0, 0.1) is 5.92 Å². The van der Waals surface area contributed by atoms with E-state index in [0.717, 1.165) is 4.31 Å². The third-order valence-corrected chi connectivity index (χ3v) is 5.13. The number of benzene rings is 1. The van der Waals surface area contributed by atoms with Crippen molar-refractivity contribution in [1.82, 2.24) is 14.4 Å². The molecule has 1 aromatic heterocycles. The third-order valence-electron chi connectivity index (χ3n) is 3.30. The van der Waals surface area contributed by atoms with Crippen LogP contribution in [0.2, 0.25) is 0 Å². The molecule has 0 atom stereocenters. The van der Waals surface area contributed by atoms with Gasteiger partial charge in [0.15, 0.2) is 12.4 Å². The first-order chi connectivity index (χ1) is 11.7. The Hall–Kier alpha value is -2.26. The first-order valence-corrected chi connectivity index (χ1v) is 9.15. The van der Waals surface area contributed by atoms with Gasteiger partial charge in [-0.15, -0.1) is 0 Å². The van der Waals surface area contributed by atoms with Gasteiger partial charge in [-0.1, -0.05) is 19.0 Å². The Morgan fingerprint density at radius 1 is 1.24 bits per heavy atom. The average molecular weight is 367 g/mol. The minimum absolute atomic E-state index is 0.101. The summed E-state index contributed by atoms with van der Waals surface area (Å²) in [4.78, 5) is 16.3. The van der Waals surface area contributed by atoms with Crippen molar-refractivity contribution in [3.63, 3.8) is 0 Å². The maximum absolute atomic E-state index is 12.0. The Labute approximate surface area is 146 Å². The van der Waals surface area contributed by atoms with E-state index in [9.17, 15) is 13.2 Å². The number of sulfonamides is 1. The largest absolute Gasteiger partial charge is 0.452 e. The van der Waals surface area contributed by atoms with Crippen molar-refractivity contribution in [2.45, 2.75) is 31.8 Å². The van der Waals surface area contributed by atoms with Gasteiger partial charge in [0, 0.05) is 20.5 Å². The van der Waals surface area contributed by atoms with E-state index >= 15 is 0 Å². The van der Waals surface area contributed by atoms with Crippen LogP contribution in [-0.2, 0) is 27.8 Å². The summed E-state index contributed by atoms with van der Waals surface area (Å²) in [6, 6.07) is 5.52. The fraction of sp³-hybridized carbons (Fsp3) is 0.438. The Bertz CT molecular complexity index is 826. The Morgan fingerprint density at radius 2 is 1.88 bits per heavy atom. The van der Waals surface area contributed by atoms with Crippen molar-refractivity contribution in [3.05, 3.63) is 41.5 Å². The first kappa shape index (κ1) is 19.1. The summed E-state index contributed by atoms with van der Waals surface area (Å²) in [5.74, 6) is 0.581. The highest BCUT2D eigenvalue weighted by atomic mass is 32.2. The van der Waals surface area contributed by atoms with E-state index in [4.69, 9.17) is 9.26 Å². The van der Waals surface area contributed by atoms with Crippen LogP contribution in [0.15, 0.2) is 33.7 Å². The van der Waals surface area contributed by atoms with Crippen LogP contribution in [0.25, 0.3) is 0 Å². The van der Waals surface area contributed by atoms with E-state index in [-0.39, 0.29) is 23.0 Å². The van der Waals surface area contributed by atoms with Crippen molar-refractivity contribution in [2.75, 3.05) is 14.1 Å². The lowest BCUT2D eigenvalue weighted by molar-refractivity contribution is 0.0429. The van der Waals surface area contributed by atoms with Crippen molar-refractivity contribution in [2.24, 2.45) is 5.92 Å². The van der Waals surface area contributed by atoms with E-state index in [1.165, 1.54) is 38.4 Å². The Morgan fingerprint density at radius 3 is 2.44 bits per heavy atom. The number of hydrogen-bond acceptors (Lipinski definition) is 7. The summed E-state index contributed by atoms with van der Waals surface area (Å²) < 4.78 is 35.2. The number of rotatable bonds is 7. The molecule has 0 N–H and O–H groups in total. The molecule has 8 nitrogen and oxygen atoms in total. The van der Waals surface area contributed by atoms with Crippen LogP contribution in [0.3, 0.4) is 0 Å². The molecule has 1 aromatic carbocycles. The summed E-state index contributed by atoms with van der Waals surface area (Å²) >= 11 is 0. The number of carbonyl (C=O) groups excluding carboxylic acids is 1. The molecule has 2 aromatic rings. The first-order valence-electron chi connectivity index (χ1n) is 7.71. The molecule has 0 fully saturated rings. The highest BCUT2D eigenvalue weighted by Crippen LogP contribution is 2.15. The summed E-state index contributed by atoms with van der Waals surface area (Å²) in [6.45, 7) is 3.94. The molecule has 0 unspecified atom stereocenters. The maximum Gasteiger partial charge on any atom is 0.338 e. The zero-order valence-corrected chi connectivity index (χ0v) is 15.4. The van der Waals surface area contributed by atoms with Crippen molar-refractivity contribution >= 4 is 16.0 Å². The Kier molecular flexibility index (Phi) is 5.91. The van der Waals surface area contributed by atoms with Gasteiger partial charge in [0.05, 0.1) is 10.5 Å². The summed E-state index contributed by atoms with van der Waals surface area (Å²) in [5.41, 5.74) is 0.236. The summed E-state index contributed by atoms with van der Waals surface area (Å²) in [7, 11) is -0.654. The number of ether oxygens (including phenoxy) is 1. The lowest BCUT2D eigenvalue weighted by Gasteiger charge is -2.11. The van der Waals surface area contributed by atoms with Gasteiger partial charge in [-0.3, -0.25) is 0 Å². The van der Waals surface area contributed by atoms with E-state index < -0.39 is 16.0 Å². The van der Waals surface area contributed by atoms with Crippen molar-refractivity contribution < 1.29 is 22.5 Å². The van der Waals surface area contributed by atoms with Crippen molar-refractivity contribution in [3.8, 4) is 0 Å². The topological polar surface area (TPSA) is 103 Å². The molecule has 0 spiro atoms. The average Bonchev–Trinajstić information content (AvgIpc) is 2.99. The molecular weight excluding hydrogens is 346 g/mol. The summed E-state index contributed by atoms with van der Waals surface area (Å²) in [6.07, 6.45) is 0.680. The fourth-order valence-corrected chi connectivity index (χ4v) is 2.88. The van der Waals surface area contributed by atoms with Gasteiger partial charge < -0.3 is 9.26 Å². The number of aromatic nitrogens is 2. The molecule has 0 aliphatic carbocycles. The van der Waals surface area contributed by atoms with Crippen LogP contribution < -0.4 is 0 Å². The molecule has 0 saturated heterocycles. The van der Waals surface area contributed by atoms with Crippen LogP contribution >= 0.6 is 0 Å². The smallest absolute Gasteiger partial charge is 0.338 e.